The SMILES string of the molecule is C=C(O)C(CCC(=O)O)NC(=O)N1CCc2cc(S(=O)(=O)N3CCN(c4cccc(Cl)c4)CC3)ccc21.CCCC(=O)N1CCc2cc(S(=O)(=O)N3CCN(c4cccc(Cl)c4Cl)CC3)ccc21.CCOC(=O)CCC(=O)N1CCc2cc(S(=O)(=O)N3CCN(c4cccc(Cl)c4)CC3)ccc21. The summed E-state index contributed by atoms with van der Waals surface area (Å²) in [6.07, 6.45) is 2.87. The van der Waals surface area contributed by atoms with E-state index in [0.29, 0.717) is 155 Å². The number of rotatable bonds is 20. The van der Waals surface area contributed by atoms with E-state index in [9.17, 15) is 54.3 Å². The standard InChI is InChI=1S/C25H29ClN4O6S.C24H28ClN3O5S.C22H25Cl2N3O3S/c1-17(31)22(6-8-24(32)33)27-25(34)30-10-9-18-15-21(5-7-23(18)30)37(35,36)29-13-11-28(12-14-29)20-4-2-3-19(26)16-20;1-2-33-24(30)9-8-23(29)28-11-10-18-16-21(6-7-22(18)28)34(31,32)27-14-12-26(13-15-27)20-5-3-4-19(25)17-20;1-2-4-21(28)27-10-9-16-15-17(7-8-19(16)27)31(29,30)26-13-11-25(12-14-26)20-6-3-5-18(23)22(20)24/h2-5,7,15-16,22,31H,1,6,8-14H2,(H,27,34)(H,32,33);3-7,16-17H,2,8-15H2,1H3;3,5-8,15H,2,4,9-14H2,1H3. The molecular weight excluding hydrogens is 1450 g/mol. The monoisotopic (exact) mass is 1530 g/mol. The van der Waals surface area contributed by atoms with Crippen LogP contribution in [0.1, 0.15) is 69.1 Å². The quantitative estimate of drug-likeness (QED) is 0.0473. The van der Waals surface area contributed by atoms with E-state index in [-0.39, 0.29) is 64.6 Å². The Morgan fingerprint density at radius 1 is 0.480 bits per heavy atom. The van der Waals surface area contributed by atoms with Crippen molar-refractivity contribution in [1.29, 1.82) is 0 Å². The number of esters is 1. The second-order valence-corrected chi connectivity index (χ2v) is 32.5. The number of benzene rings is 6. The number of nitrogens with one attached hydrogen (secondary N) is 1. The lowest BCUT2D eigenvalue weighted by Gasteiger charge is -2.36. The van der Waals surface area contributed by atoms with Crippen LogP contribution in [-0.2, 0) is 73.2 Å². The first-order chi connectivity index (χ1) is 48.7. The first-order valence-corrected chi connectivity index (χ1v) is 39.5. The number of nitrogens with zero attached hydrogens (tertiary/aromatic N) is 9. The number of amides is 4. The molecule has 3 fully saturated rings. The fraction of sp³-hybridized carbons (Fsp3) is 0.394. The molecule has 31 heteroatoms. The maximum atomic E-state index is 13.4. The highest BCUT2D eigenvalue weighted by atomic mass is 35.5. The maximum Gasteiger partial charge on any atom is 0.322 e. The second kappa shape index (κ2) is 33.8. The van der Waals surface area contributed by atoms with Crippen LogP contribution < -0.4 is 34.7 Å². The number of aliphatic hydroxyl groups excluding tert-OH is 1. The van der Waals surface area contributed by atoms with Crippen LogP contribution >= 0.6 is 46.4 Å². The summed E-state index contributed by atoms with van der Waals surface area (Å²) in [4.78, 5) is 72.0. The van der Waals surface area contributed by atoms with Crippen molar-refractivity contribution in [2.75, 3.05) is 134 Å². The molecule has 4 amide bonds. The molecule has 0 spiro atoms. The molecule has 6 aromatic rings. The summed E-state index contributed by atoms with van der Waals surface area (Å²) in [5.74, 6) is -1.85. The molecule has 6 aromatic carbocycles. The normalized spacial score (nSPS) is 16.8. The number of hydrogen-bond donors (Lipinski definition) is 3. The second-order valence-electron chi connectivity index (χ2n) is 25.1. The number of halogens is 4. The van der Waals surface area contributed by atoms with Crippen LogP contribution in [0.15, 0.2) is 148 Å². The van der Waals surface area contributed by atoms with E-state index in [1.807, 2.05) is 61.5 Å². The zero-order chi connectivity index (χ0) is 73.2. The number of aliphatic hydroxyl groups is 1. The molecule has 0 aromatic heterocycles. The topological polar surface area (TPSA) is 279 Å². The predicted molar refractivity (Wildman–Crippen MR) is 397 cm³/mol. The molecule has 24 nitrogen and oxygen atoms in total. The van der Waals surface area contributed by atoms with Gasteiger partial charge in [-0.25, -0.2) is 30.0 Å². The molecule has 12 rings (SSSR count). The molecule has 0 saturated carbocycles. The van der Waals surface area contributed by atoms with Gasteiger partial charge in [0.1, 0.15) is 5.76 Å². The highest BCUT2D eigenvalue weighted by Gasteiger charge is 2.36. The lowest BCUT2D eigenvalue weighted by Crippen LogP contribution is -2.48. The third kappa shape index (κ3) is 18.1. The Bertz CT molecular complexity index is 4480. The van der Waals surface area contributed by atoms with Gasteiger partial charge < -0.3 is 44.8 Å². The van der Waals surface area contributed by atoms with Gasteiger partial charge in [0.15, 0.2) is 0 Å². The van der Waals surface area contributed by atoms with Gasteiger partial charge in [-0.1, -0.05) is 78.1 Å². The van der Waals surface area contributed by atoms with Crippen molar-refractivity contribution in [2.24, 2.45) is 0 Å². The van der Waals surface area contributed by atoms with E-state index in [4.69, 9.17) is 56.2 Å². The third-order valence-corrected chi connectivity index (χ3v) is 25.6. The van der Waals surface area contributed by atoms with Crippen molar-refractivity contribution >= 4 is 140 Å². The number of sulfonamides is 3. The number of aliphatic carboxylic acids is 1. The Morgan fingerprint density at radius 3 is 1.30 bits per heavy atom. The molecular formula is C71H82Cl4N10O14S3. The van der Waals surface area contributed by atoms with Gasteiger partial charge in [0.05, 0.1) is 49.5 Å². The number of carboxylic acid groups (broad SMARTS) is 1. The number of anilines is 6. The summed E-state index contributed by atoms with van der Waals surface area (Å²) in [6.45, 7) is 14.3. The Hall–Kier alpha value is -7.70. The lowest BCUT2D eigenvalue weighted by atomic mass is 10.1. The molecule has 0 bridgehead atoms. The first kappa shape index (κ1) is 76.9. The van der Waals surface area contributed by atoms with Gasteiger partial charge in [-0.15, -0.1) is 0 Å². The minimum atomic E-state index is -3.72. The Labute approximate surface area is 615 Å². The predicted octanol–water partition coefficient (Wildman–Crippen LogP) is 10.5. The number of piperazine rings is 3. The number of carbonyl (C=O) groups is 5. The largest absolute Gasteiger partial charge is 0.511 e. The zero-order valence-corrected chi connectivity index (χ0v) is 62.0. The van der Waals surface area contributed by atoms with Crippen molar-refractivity contribution in [2.45, 2.75) is 92.4 Å². The molecule has 1 unspecified atom stereocenters. The molecule has 3 N–H and O–H groups in total. The lowest BCUT2D eigenvalue weighted by molar-refractivity contribution is -0.144. The Kier molecular flexibility index (Phi) is 25.5. The fourth-order valence-electron chi connectivity index (χ4n) is 13.2. The van der Waals surface area contributed by atoms with Crippen molar-refractivity contribution in [3.8, 4) is 0 Å². The van der Waals surface area contributed by atoms with Crippen LogP contribution in [-0.4, -0.2) is 189 Å². The van der Waals surface area contributed by atoms with Gasteiger partial charge in [0, 0.05) is 156 Å². The van der Waals surface area contributed by atoms with E-state index >= 15 is 0 Å². The zero-order valence-electron chi connectivity index (χ0n) is 56.6. The molecule has 3 saturated heterocycles. The number of hydrogen-bond acceptors (Lipinski definition) is 16. The van der Waals surface area contributed by atoms with Crippen LogP contribution in [0.3, 0.4) is 0 Å². The van der Waals surface area contributed by atoms with Gasteiger partial charge in [-0.2, -0.15) is 12.9 Å². The van der Waals surface area contributed by atoms with Gasteiger partial charge in [-0.3, -0.25) is 24.1 Å². The minimum Gasteiger partial charge on any atom is -0.511 e. The fourth-order valence-corrected chi connectivity index (χ4v) is 18.4. The van der Waals surface area contributed by atoms with Crippen LogP contribution in [0.2, 0.25) is 20.1 Å². The molecule has 6 heterocycles. The number of carboxylic acids is 1. The number of carbonyl (C=O) groups excluding carboxylic acids is 4. The van der Waals surface area contributed by atoms with Gasteiger partial charge >= 0.3 is 18.0 Å². The highest BCUT2D eigenvalue weighted by Crippen LogP contribution is 2.38. The van der Waals surface area contributed by atoms with Crippen molar-refractivity contribution in [3.63, 3.8) is 0 Å². The van der Waals surface area contributed by atoms with Crippen molar-refractivity contribution in [3.05, 3.63) is 170 Å². The summed E-state index contributed by atoms with van der Waals surface area (Å²) in [5.41, 5.74) is 7.32. The van der Waals surface area contributed by atoms with E-state index in [2.05, 4.69) is 26.6 Å². The number of ether oxygens (including phenoxy) is 1. The van der Waals surface area contributed by atoms with Crippen molar-refractivity contribution in [1.82, 2.24) is 18.2 Å². The molecule has 102 heavy (non-hydrogen) atoms. The average molecular weight is 1540 g/mol. The van der Waals surface area contributed by atoms with Crippen LogP contribution in [0.4, 0.5) is 38.9 Å². The maximum absolute atomic E-state index is 13.4. The van der Waals surface area contributed by atoms with Gasteiger partial charge in [0.2, 0.25) is 41.9 Å². The minimum absolute atomic E-state index is 0.00113. The summed E-state index contributed by atoms with van der Waals surface area (Å²) >= 11 is 24.6. The van der Waals surface area contributed by atoms with Gasteiger partial charge in [-0.05, 0) is 159 Å². The Morgan fingerprint density at radius 2 is 0.892 bits per heavy atom. The van der Waals surface area contributed by atoms with Gasteiger partial charge in [0.25, 0.3) is 0 Å². The smallest absolute Gasteiger partial charge is 0.322 e. The Balaban J connectivity index is 0.000000165. The molecule has 0 aliphatic carbocycles. The van der Waals surface area contributed by atoms with Crippen LogP contribution in [0, 0.1) is 0 Å². The van der Waals surface area contributed by atoms with E-state index in [0.717, 1.165) is 45.9 Å². The van der Waals surface area contributed by atoms with E-state index in [1.54, 1.807) is 77.4 Å². The third-order valence-electron chi connectivity index (χ3n) is 18.6. The molecule has 6 aliphatic rings. The average Bonchev–Trinajstić information content (AvgIpc) is 1.69. The van der Waals surface area contributed by atoms with Crippen molar-refractivity contribution < 1.29 is 64.2 Å². The number of urea groups is 1. The van der Waals surface area contributed by atoms with E-state index < -0.39 is 54.1 Å². The molecule has 0 radical (unpaired) electrons. The highest BCUT2D eigenvalue weighted by molar-refractivity contribution is 7.89. The number of fused-ring (bicyclic) bond motifs is 3. The molecule has 546 valence electrons. The summed E-state index contributed by atoms with van der Waals surface area (Å²) in [5, 5.41) is 23.5. The summed E-state index contributed by atoms with van der Waals surface area (Å²) in [6, 6.07) is 33.8. The van der Waals surface area contributed by atoms with Crippen LogP contribution in [0.5, 0.6) is 0 Å². The summed E-state index contributed by atoms with van der Waals surface area (Å²) in [7, 11) is -11.0. The first-order valence-electron chi connectivity index (χ1n) is 33.7. The molecule has 6 aliphatic heterocycles. The molecule has 1 atom stereocenters. The van der Waals surface area contributed by atoms with Crippen LogP contribution in [0.25, 0.3) is 0 Å². The van der Waals surface area contributed by atoms with E-state index in [1.165, 1.54) is 23.9 Å². The summed E-state index contributed by atoms with van der Waals surface area (Å²) < 4.78 is 89.2.